The molecule has 2 aliphatic heterocycles. The van der Waals surface area contributed by atoms with Crippen LogP contribution in [0, 0.1) is 5.41 Å². The Labute approximate surface area is 179 Å². The van der Waals surface area contributed by atoms with Gasteiger partial charge >= 0.3 is 6.03 Å². The minimum absolute atomic E-state index is 0.0141. The Kier molecular flexibility index (Phi) is 4.66. The second-order valence-electron chi connectivity index (χ2n) is 9.85. The summed E-state index contributed by atoms with van der Waals surface area (Å²) in [6, 6.07) is 19.5. The van der Waals surface area contributed by atoms with Crippen LogP contribution in [0.25, 0.3) is 0 Å². The Morgan fingerprint density at radius 3 is 2.50 bits per heavy atom. The molecule has 0 saturated carbocycles. The van der Waals surface area contributed by atoms with Gasteiger partial charge in [-0.1, -0.05) is 75.4 Å². The number of carbonyl (C=O) groups excluding carboxylic acids is 1. The lowest BCUT2D eigenvalue weighted by Crippen LogP contribution is -2.67. The molecule has 0 N–H and O–H groups in total. The number of hydrogen-bond donors (Lipinski definition) is 0. The largest absolute Gasteiger partial charge is 0.377 e. The molecule has 0 spiro atoms. The van der Waals surface area contributed by atoms with Gasteiger partial charge in [0.2, 0.25) is 0 Å². The van der Waals surface area contributed by atoms with Gasteiger partial charge in [-0.15, -0.1) is 0 Å². The number of morpholine rings is 1. The number of rotatable bonds is 1. The second-order valence-corrected chi connectivity index (χ2v) is 9.85. The van der Waals surface area contributed by atoms with Gasteiger partial charge in [0.25, 0.3) is 0 Å². The van der Waals surface area contributed by atoms with Gasteiger partial charge < -0.3 is 14.5 Å². The summed E-state index contributed by atoms with van der Waals surface area (Å²) in [5.74, 6) is 0. The van der Waals surface area contributed by atoms with Crippen LogP contribution >= 0.6 is 0 Å². The number of nitrogens with zero attached hydrogens (tertiary/aromatic N) is 2. The first kappa shape index (κ1) is 19.6. The molecule has 2 saturated heterocycles. The summed E-state index contributed by atoms with van der Waals surface area (Å²) in [6.07, 6.45) is 1.93. The zero-order chi connectivity index (χ0) is 20.9. The highest BCUT2D eigenvalue weighted by atomic mass is 16.5. The first-order chi connectivity index (χ1) is 14.4. The monoisotopic (exact) mass is 404 g/mol. The van der Waals surface area contributed by atoms with Crippen LogP contribution in [0.2, 0.25) is 0 Å². The lowest BCUT2D eigenvalue weighted by atomic mass is 9.51. The molecule has 30 heavy (non-hydrogen) atoms. The van der Waals surface area contributed by atoms with Crippen LogP contribution in [-0.2, 0) is 16.6 Å². The molecule has 2 bridgehead atoms. The Balaban J connectivity index is 1.48. The molecule has 0 aromatic heterocycles. The van der Waals surface area contributed by atoms with Gasteiger partial charge in [0.05, 0.1) is 19.3 Å². The van der Waals surface area contributed by atoms with E-state index in [1.54, 1.807) is 0 Å². The van der Waals surface area contributed by atoms with Crippen LogP contribution in [0.15, 0.2) is 54.6 Å². The van der Waals surface area contributed by atoms with Gasteiger partial charge in [-0.05, 0) is 34.9 Å². The SMILES string of the molecule is CC1(C)[C@H]2Cc3ccccc3[C@]1(C)CCN2C(=O)N1CCOCC1c1ccccc1. The molecule has 1 unspecified atom stereocenters. The number of fused-ring (bicyclic) bond motifs is 4. The van der Waals surface area contributed by atoms with E-state index in [9.17, 15) is 4.79 Å². The number of ether oxygens (including phenoxy) is 1. The molecule has 5 rings (SSSR count). The summed E-state index contributed by atoms with van der Waals surface area (Å²) >= 11 is 0. The molecule has 0 radical (unpaired) electrons. The maximum absolute atomic E-state index is 13.9. The number of urea groups is 1. The molecule has 2 aromatic carbocycles. The van der Waals surface area contributed by atoms with E-state index in [0.717, 1.165) is 24.9 Å². The van der Waals surface area contributed by atoms with Crippen LogP contribution in [0.4, 0.5) is 4.79 Å². The smallest absolute Gasteiger partial charge is 0.320 e. The molecule has 4 nitrogen and oxygen atoms in total. The van der Waals surface area contributed by atoms with E-state index in [1.165, 1.54) is 11.1 Å². The highest BCUT2D eigenvalue weighted by Crippen LogP contribution is 2.56. The molecular formula is C26H32N2O2. The number of piperidine rings is 1. The zero-order valence-electron chi connectivity index (χ0n) is 18.3. The van der Waals surface area contributed by atoms with Crippen LogP contribution < -0.4 is 0 Å². The van der Waals surface area contributed by atoms with Crippen molar-refractivity contribution in [1.82, 2.24) is 9.80 Å². The van der Waals surface area contributed by atoms with Crippen molar-refractivity contribution in [1.29, 1.82) is 0 Å². The summed E-state index contributed by atoms with van der Waals surface area (Å²) < 4.78 is 5.78. The number of hydrogen-bond acceptors (Lipinski definition) is 2. The molecule has 1 aliphatic carbocycles. The quantitative estimate of drug-likeness (QED) is 0.684. The van der Waals surface area contributed by atoms with Crippen molar-refractivity contribution in [2.45, 2.75) is 51.1 Å². The van der Waals surface area contributed by atoms with Crippen molar-refractivity contribution >= 4 is 6.03 Å². The number of benzene rings is 2. The Morgan fingerprint density at radius 1 is 0.967 bits per heavy atom. The van der Waals surface area contributed by atoms with E-state index in [4.69, 9.17) is 4.74 Å². The average Bonchev–Trinajstić information content (AvgIpc) is 2.76. The third-order valence-corrected chi connectivity index (χ3v) is 8.31. The molecule has 2 amide bonds. The summed E-state index contributed by atoms with van der Waals surface area (Å²) in [7, 11) is 0. The fourth-order valence-electron chi connectivity index (χ4n) is 6.05. The predicted octanol–water partition coefficient (Wildman–Crippen LogP) is 4.79. The van der Waals surface area contributed by atoms with Crippen LogP contribution in [0.5, 0.6) is 0 Å². The molecule has 3 aliphatic rings. The normalized spacial score (nSPS) is 30.0. The number of carbonyl (C=O) groups is 1. The second kappa shape index (κ2) is 7.12. The first-order valence-corrected chi connectivity index (χ1v) is 11.2. The lowest BCUT2D eigenvalue weighted by molar-refractivity contribution is -0.0425. The van der Waals surface area contributed by atoms with Crippen LogP contribution in [0.3, 0.4) is 0 Å². The Bertz CT molecular complexity index is 941. The van der Waals surface area contributed by atoms with Crippen LogP contribution in [-0.4, -0.2) is 48.2 Å². The predicted molar refractivity (Wildman–Crippen MR) is 118 cm³/mol. The molecule has 158 valence electrons. The first-order valence-electron chi connectivity index (χ1n) is 11.2. The average molecular weight is 405 g/mol. The molecule has 2 aromatic rings. The highest BCUT2D eigenvalue weighted by molar-refractivity contribution is 5.76. The molecule has 4 heteroatoms. The number of amides is 2. The standard InChI is InChI=1S/C26H32N2O2/c1-25(2)23-17-20-11-7-8-12-21(20)26(25,3)13-14-28(23)24(29)27-15-16-30-18-22(27)19-9-5-4-6-10-19/h4-12,22-23H,13-18H2,1-3H3/t22?,23-,26+/m1/s1. The maximum atomic E-state index is 13.9. The van der Waals surface area contributed by atoms with E-state index in [1.807, 2.05) is 18.2 Å². The molecular weight excluding hydrogens is 372 g/mol. The maximum Gasteiger partial charge on any atom is 0.320 e. The van der Waals surface area contributed by atoms with E-state index < -0.39 is 0 Å². The van der Waals surface area contributed by atoms with E-state index in [-0.39, 0.29) is 28.9 Å². The van der Waals surface area contributed by atoms with Crippen LogP contribution in [0.1, 0.15) is 49.9 Å². The fourth-order valence-corrected chi connectivity index (χ4v) is 6.05. The summed E-state index contributed by atoms with van der Waals surface area (Å²) in [4.78, 5) is 18.2. The summed E-state index contributed by atoms with van der Waals surface area (Å²) in [5, 5.41) is 0. The fraction of sp³-hybridized carbons (Fsp3) is 0.500. The minimum Gasteiger partial charge on any atom is -0.377 e. The Hall–Kier alpha value is -2.33. The third kappa shape index (κ3) is 2.80. The molecule has 3 atom stereocenters. The van der Waals surface area contributed by atoms with Crippen molar-refractivity contribution in [2.24, 2.45) is 5.41 Å². The zero-order valence-corrected chi connectivity index (χ0v) is 18.3. The van der Waals surface area contributed by atoms with Gasteiger partial charge in [0.1, 0.15) is 0 Å². The van der Waals surface area contributed by atoms with E-state index in [0.29, 0.717) is 19.8 Å². The third-order valence-electron chi connectivity index (χ3n) is 8.31. The summed E-state index contributed by atoms with van der Waals surface area (Å²) in [6.45, 7) is 9.77. The van der Waals surface area contributed by atoms with Crippen molar-refractivity contribution in [3.63, 3.8) is 0 Å². The van der Waals surface area contributed by atoms with Crippen molar-refractivity contribution < 1.29 is 9.53 Å². The van der Waals surface area contributed by atoms with Gasteiger partial charge in [-0.3, -0.25) is 0 Å². The molecule has 2 heterocycles. The topological polar surface area (TPSA) is 32.8 Å². The minimum atomic E-state index is -0.0141. The van der Waals surface area contributed by atoms with Gasteiger partial charge in [0, 0.05) is 24.5 Å². The Morgan fingerprint density at radius 2 is 1.70 bits per heavy atom. The van der Waals surface area contributed by atoms with Crippen molar-refractivity contribution in [3.05, 3.63) is 71.3 Å². The van der Waals surface area contributed by atoms with Gasteiger partial charge in [-0.2, -0.15) is 0 Å². The lowest BCUT2D eigenvalue weighted by Gasteiger charge is -2.61. The van der Waals surface area contributed by atoms with Gasteiger partial charge in [-0.25, -0.2) is 4.79 Å². The highest BCUT2D eigenvalue weighted by Gasteiger charge is 2.57. The van der Waals surface area contributed by atoms with Crippen molar-refractivity contribution in [3.8, 4) is 0 Å². The summed E-state index contributed by atoms with van der Waals surface area (Å²) in [5.41, 5.74) is 4.15. The van der Waals surface area contributed by atoms with Crippen molar-refractivity contribution in [2.75, 3.05) is 26.3 Å². The van der Waals surface area contributed by atoms with E-state index >= 15 is 0 Å². The number of likely N-dealkylation sites (tertiary alicyclic amines) is 1. The molecule has 2 fully saturated rings. The van der Waals surface area contributed by atoms with E-state index in [2.05, 4.69) is 67.0 Å². The van der Waals surface area contributed by atoms with Gasteiger partial charge in [0.15, 0.2) is 0 Å².